The molecule has 0 unspecified atom stereocenters. The van der Waals surface area contributed by atoms with Crippen LogP contribution in [0.3, 0.4) is 0 Å². The van der Waals surface area contributed by atoms with E-state index >= 15 is 0 Å². The Hall–Kier alpha value is -5.10. The van der Waals surface area contributed by atoms with Gasteiger partial charge in [0.05, 0.1) is 14.2 Å². The van der Waals surface area contributed by atoms with E-state index in [1.54, 1.807) is 48.3 Å². The van der Waals surface area contributed by atoms with Gasteiger partial charge in [-0.15, -0.1) is 0 Å². The molecule has 202 valence electrons. The highest BCUT2D eigenvalue weighted by Gasteiger charge is 2.18. The Morgan fingerprint density at radius 3 is 1.23 bits per heavy atom. The molecular formula is C34H32N2O4. The van der Waals surface area contributed by atoms with Gasteiger partial charge in [0, 0.05) is 36.6 Å². The van der Waals surface area contributed by atoms with Crippen molar-refractivity contribution in [2.75, 3.05) is 37.1 Å². The molecule has 6 nitrogen and oxygen atoms in total. The molecule has 0 aromatic heterocycles. The number of hydrogen-bond donors (Lipinski definition) is 0. The molecule has 0 heterocycles. The van der Waals surface area contributed by atoms with E-state index in [9.17, 15) is 9.59 Å². The molecule has 4 rings (SSSR count). The number of benzene rings is 4. The lowest BCUT2D eigenvalue weighted by Gasteiger charge is -2.27. The number of hydrogen-bond acceptors (Lipinski definition) is 4. The highest BCUT2D eigenvalue weighted by molar-refractivity contribution is 6.05. The smallest absolute Gasteiger partial charge is 0.251 e. The van der Waals surface area contributed by atoms with Crippen molar-refractivity contribution in [1.82, 2.24) is 0 Å². The van der Waals surface area contributed by atoms with Crippen LogP contribution >= 0.6 is 0 Å². The first kappa shape index (κ1) is 27.9. The van der Waals surface area contributed by atoms with Crippen LogP contribution in [-0.4, -0.2) is 39.1 Å². The van der Waals surface area contributed by atoms with Gasteiger partial charge in [-0.25, -0.2) is 0 Å². The van der Waals surface area contributed by atoms with Crippen molar-refractivity contribution in [3.05, 3.63) is 132 Å². The Labute approximate surface area is 235 Å². The normalized spacial score (nSPS) is 10.9. The molecule has 0 radical (unpaired) electrons. The van der Waals surface area contributed by atoms with Gasteiger partial charge in [-0.1, -0.05) is 60.7 Å². The maximum Gasteiger partial charge on any atom is 0.251 e. The molecule has 0 aliphatic rings. The van der Waals surface area contributed by atoms with Crippen LogP contribution in [0.1, 0.15) is 11.1 Å². The van der Waals surface area contributed by atoms with Gasteiger partial charge in [-0.05, 0) is 71.8 Å². The van der Waals surface area contributed by atoms with Crippen LogP contribution in [0.25, 0.3) is 12.2 Å². The number of para-hydroxylation sites is 2. The lowest BCUT2D eigenvalue weighted by Crippen LogP contribution is -2.40. The zero-order valence-electron chi connectivity index (χ0n) is 22.6. The SMILES string of the molecule is COc1ccc(C=CC(=O)N(CCN(C(=O)C=Cc2ccc(OC)cc2)c2ccccc2)c2ccccc2)cc1. The third-order valence-electron chi connectivity index (χ3n) is 6.28. The fourth-order valence-electron chi connectivity index (χ4n) is 4.09. The predicted molar refractivity (Wildman–Crippen MR) is 162 cm³/mol. The summed E-state index contributed by atoms with van der Waals surface area (Å²) >= 11 is 0. The second-order valence-corrected chi connectivity index (χ2v) is 8.86. The van der Waals surface area contributed by atoms with Gasteiger partial charge in [-0.3, -0.25) is 9.59 Å². The molecule has 0 spiro atoms. The van der Waals surface area contributed by atoms with Crippen LogP contribution in [0.2, 0.25) is 0 Å². The molecule has 0 N–H and O–H groups in total. The minimum Gasteiger partial charge on any atom is -0.497 e. The molecule has 2 amide bonds. The van der Waals surface area contributed by atoms with E-state index in [4.69, 9.17) is 9.47 Å². The van der Waals surface area contributed by atoms with Crippen LogP contribution in [-0.2, 0) is 9.59 Å². The Kier molecular flexibility index (Phi) is 9.89. The van der Waals surface area contributed by atoms with Crippen LogP contribution in [0.15, 0.2) is 121 Å². The number of nitrogens with zero attached hydrogens (tertiary/aromatic N) is 2. The predicted octanol–water partition coefficient (Wildman–Crippen LogP) is 6.50. The minimum atomic E-state index is -0.184. The first-order chi connectivity index (χ1) is 19.6. The van der Waals surface area contributed by atoms with Gasteiger partial charge in [0.25, 0.3) is 11.8 Å². The number of anilines is 2. The van der Waals surface area contributed by atoms with Crippen molar-refractivity contribution in [2.45, 2.75) is 0 Å². The average molecular weight is 533 g/mol. The van der Waals surface area contributed by atoms with Crippen molar-refractivity contribution in [3.8, 4) is 11.5 Å². The third kappa shape index (κ3) is 7.71. The van der Waals surface area contributed by atoms with Gasteiger partial charge in [0.2, 0.25) is 0 Å². The van der Waals surface area contributed by atoms with Gasteiger partial charge < -0.3 is 19.3 Å². The summed E-state index contributed by atoms with van der Waals surface area (Å²) < 4.78 is 10.4. The van der Waals surface area contributed by atoms with Crippen molar-refractivity contribution in [2.24, 2.45) is 0 Å². The van der Waals surface area contributed by atoms with E-state index in [1.807, 2.05) is 109 Å². The maximum atomic E-state index is 13.4. The first-order valence-corrected chi connectivity index (χ1v) is 12.9. The van der Waals surface area contributed by atoms with Crippen LogP contribution in [0, 0.1) is 0 Å². The highest BCUT2D eigenvalue weighted by Crippen LogP contribution is 2.19. The summed E-state index contributed by atoms with van der Waals surface area (Å²) in [4.78, 5) is 30.2. The number of rotatable bonds is 11. The zero-order chi connectivity index (χ0) is 28.2. The number of amides is 2. The number of ether oxygens (including phenoxy) is 2. The molecule has 0 bridgehead atoms. The molecule has 0 saturated carbocycles. The molecule has 4 aromatic rings. The molecule has 4 aromatic carbocycles. The number of carbonyl (C=O) groups is 2. The van der Waals surface area contributed by atoms with E-state index in [2.05, 4.69) is 0 Å². The van der Waals surface area contributed by atoms with Crippen LogP contribution in [0.4, 0.5) is 11.4 Å². The van der Waals surface area contributed by atoms with Crippen molar-refractivity contribution in [3.63, 3.8) is 0 Å². The molecule has 40 heavy (non-hydrogen) atoms. The molecule has 0 saturated heterocycles. The van der Waals surface area contributed by atoms with Crippen LogP contribution in [0.5, 0.6) is 11.5 Å². The monoisotopic (exact) mass is 532 g/mol. The Balaban J connectivity index is 1.54. The van der Waals surface area contributed by atoms with E-state index in [0.717, 1.165) is 34.0 Å². The Bertz CT molecular complexity index is 1320. The number of carbonyl (C=O) groups excluding carboxylic acids is 2. The van der Waals surface area contributed by atoms with Crippen molar-refractivity contribution < 1.29 is 19.1 Å². The number of methoxy groups -OCH3 is 2. The summed E-state index contributed by atoms with van der Waals surface area (Å²) in [6.07, 6.45) is 6.64. The standard InChI is InChI=1S/C34H32N2O4/c1-39-31-19-13-27(14-20-31)17-23-33(37)35(29-9-5-3-6-10-29)25-26-36(30-11-7-4-8-12-30)34(38)24-18-28-15-21-32(40-2)22-16-28/h3-24H,25-26H2,1-2H3. The molecule has 0 fully saturated rings. The second kappa shape index (κ2) is 14.2. The van der Waals surface area contributed by atoms with Gasteiger partial charge >= 0.3 is 0 Å². The lowest BCUT2D eigenvalue weighted by atomic mass is 10.2. The molecular weight excluding hydrogens is 500 g/mol. The summed E-state index contributed by atoms with van der Waals surface area (Å²) in [7, 11) is 3.23. The zero-order valence-corrected chi connectivity index (χ0v) is 22.6. The summed E-state index contributed by atoms with van der Waals surface area (Å²) in [5.74, 6) is 1.13. The molecule has 0 atom stereocenters. The van der Waals surface area contributed by atoms with E-state index < -0.39 is 0 Å². The van der Waals surface area contributed by atoms with Crippen molar-refractivity contribution >= 4 is 35.3 Å². The molecule has 0 aliphatic heterocycles. The van der Waals surface area contributed by atoms with Crippen LogP contribution < -0.4 is 19.3 Å². The largest absolute Gasteiger partial charge is 0.497 e. The fourth-order valence-corrected chi connectivity index (χ4v) is 4.09. The van der Waals surface area contributed by atoms with Gasteiger partial charge in [0.1, 0.15) is 11.5 Å². The average Bonchev–Trinajstić information content (AvgIpc) is 3.02. The lowest BCUT2D eigenvalue weighted by molar-refractivity contribution is -0.115. The van der Waals surface area contributed by atoms with Gasteiger partial charge in [-0.2, -0.15) is 0 Å². The van der Waals surface area contributed by atoms with Gasteiger partial charge in [0.15, 0.2) is 0 Å². The highest BCUT2D eigenvalue weighted by atomic mass is 16.5. The van der Waals surface area contributed by atoms with E-state index in [1.165, 1.54) is 0 Å². The van der Waals surface area contributed by atoms with E-state index in [0.29, 0.717) is 13.1 Å². The summed E-state index contributed by atoms with van der Waals surface area (Å²) in [5, 5.41) is 0. The Morgan fingerprint density at radius 2 is 0.900 bits per heavy atom. The second-order valence-electron chi connectivity index (χ2n) is 8.86. The summed E-state index contributed by atoms with van der Waals surface area (Å²) in [6, 6.07) is 33.9. The molecule has 0 aliphatic carbocycles. The maximum absolute atomic E-state index is 13.4. The summed E-state index contributed by atoms with van der Waals surface area (Å²) in [6.45, 7) is 0.597. The van der Waals surface area contributed by atoms with E-state index in [-0.39, 0.29) is 11.8 Å². The third-order valence-corrected chi connectivity index (χ3v) is 6.28. The molecule has 6 heteroatoms. The summed E-state index contributed by atoms with van der Waals surface area (Å²) in [5.41, 5.74) is 3.26. The quantitative estimate of drug-likeness (QED) is 0.207. The van der Waals surface area contributed by atoms with Crippen molar-refractivity contribution in [1.29, 1.82) is 0 Å². The first-order valence-electron chi connectivity index (χ1n) is 12.9. The minimum absolute atomic E-state index is 0.184. The fraction of sp³-hybridized carbons (Fsp3) is 0.118. The topological polar surface area (TPSA) is 59.1 Å². The Morgan fingerprint density at radius 1 is 0.550 bits per heavy atom.